The van der Waals surface area contributed by atoms with Gasteiger partial charge in [-0.25, -0.2) is 14.4 Å². The topological polar surface area (TPSA) is 70.9 Å². The molecule has 0 bridgehead atoms. The fourth-order valence-corrected chi connectivity index (χ4v) is 3.07. The number of phenols is 1. The first-order chi connectivity index (χ1) is 14.2. The highest BCUT2D eigenvalue weighted by Crippen LogP contribution is 2.30. The van der Waals surface area contributed by atoms with Gasteiger partial charge in [-0.2, -0.15) is 0 Å². The minimum atomic E-state index is -0.289. The number of rotatable bonds is 6. The van der Waals surface area contributed by atoms with E-state index in [4.69, 9.17) is 0 Å². The van der Waals surface area contributed by atoms with Crippen molar-refractivity contribution in [3.63, 3.8) is 0 Å². The van der Waals surface area contributed by atoms with Crippen molar-refractivity contribution in [3.05, 3.63) is 90.6 Å². The molecular weight excluding hydrogens is 367 g/mol. The van der Waals surface area contributed by atoms with Gasteiger partial charge in [0, 0.05) is 36.3 Å². The molecule has 0 aliphatic heterocycles. The predicted octanol–water partition coefficient (Wildman–Crippen LogP) is 4.70. The van der Waals surface area contributed by atoms with E-state index in [1.54, 1.807) is 42.9 Å². The van der Waals surface area contributed by atoms with Crippen molar-refractivity contribution in [2.24, 2.45) is 0 Å². The van der Waals surface area contributed by atoms with Crippen LogP contribution in [0.15, 0.2) is 79.3 Å². The number of phenolic OH excluding ortho intramolecular Hbond substituents is 1. The molecule has 2 aromatic heterocycles. The number of aromatic hydroxyl groups is 1. The molecule has 0 atom stereocenters. The lowest BCUT2D eigenvalue weighted by atomic mass is 10.0. The Bertz CT molecular complexity index is 1100. The third-order valence-corrected chi connectivity index (χ3v) is 4.57. The summed E-state index contributed by atoms with van der Waals surface area (Å²) in [6, 6.07) is 17.3. The van der Waals surface area contributed by atoms with Crippen LogP contribution in [-0.2, 0) is 6.42 Å². The van der Waals surface area contributed by atoms with E-state index in [2.05, 4.69) is 20.3 Å². The van der Waals surface area contributed by atoms with Crippen molar-refractivity contribution in [3.8, 4) is 28.1 Å². The molecule has 2 heterocycles. The van der Waals surface area contributed by atoms with E-state index >= 15 is 0 Å². The highest BCUT2D eigenvalue weighted by molar-refractivity contribution is 5.80. The monoisotopic (exact) mass is 386 g/mol. The summed E-state index contributed by atoms with van der Waals surface area (Å²) >= 11 is 0. The van der Waals surface area contributed by atoms with Gasteiger partial charge in [-0.1, -0.05) is 30.3 Å². The average Bonchev–Trinajstić information content (AvgIpc) is 2.76. The SMILES string of the molecule is Oc1ccccc1CCNc1ncc(-c2ccc(F)cc2)c(-c2ccncc2)n1. The highest BCUT2D eigenvalue weighted by Gasteiger charge is 2.12. The smallest absolute Gasteiger partial charge is 0.223 e. The van der Waals surface area contributed by atoms with Gasteiger partial charge < -0.3 is 10.4 Å². The summed E-state index contributed by atoms with van der Waals surface area (Å²) in [5, 5.41) is 13.1. The first kappa shape index (κ1) is 18.6. The molecule has 0 aliphatic carbocycles. The van der Waals surface area contributed by atoms with Crippen LogP contribution in [0.25, 0.3) is 22.4 Å². The Morgan fingerprint density at radius 1 is 0.897 bits per heavy atom. The van der Waals surface area contributed by atoms with Gasteiger partial charge in [0.1, 0.15) is 11.6 Å². The Morgan fingerprint density at radius 3 is 2.41 bits per heavy atom. The molecule has 4 rings (SSSR count). The van der Waals surface area contributed by atoms with Crippen molar-refractivity contribution in [1.29, 1.82) is 0 Å². The Kier molecular flexibility index (Phi) is 5.42. The molecule has 2 N–H and O–H groups in total. The summed E-state index contributed by atoms with van der Waals surface area (Å²) in [6.45, 7) is 0.573. The van der Waals surface area contributed by atoms with Gasteiger partial charge in [0.25, 0.3) is 0 Å². The molecule has 0 radical (unpaired) electrons. The Balaban J connectivity index is 1.61. The predicted molar refractivity (Wildman–Crippen MR) is 111 cm³/mol. The quantitative estimate of drug-likeness (QED) is 0.502. The van der Waals surface area contributed by atoms with Crippen LogP contribution < -0.4 is 5.32 Å². The number of hydrogen-bond donors (Lipinski definition) is 2. The van der Waals surface area contributed by atoms with Gasteiger partial charge >= 0.3 is 0 Å². The molecule has 0 saturated heterocycles. The van der Waals surface area contributed by atoms with Crippen LogP contribution in [0.1, 0.15) is 5.56 Å². The molecule has 0 fully saturated rings. The Labute approximate surface area is 168 Å². The lowest BCUT2D eigenvalue weighted by molar-refractivity contribution is 0.468. The molecule has 0 amide bonds. The normalized spacial score (nSPS) is 10.7. The van der Waals surface area contributed by atoms with Crippen LogP contribution in [0.3, 0.4) is 0 Å². The van der Waals surface area contributed by atoms with Crippen LogP contribution in [0.5, 0.6) is 5.75 Å². The minimum Gasteiger partial charge on any atom is -0.508 e. The first-order valence-corrected chi connectivity index (χ1v) is 9.25. The van der Waals surface area contributed by atoms with Gasteiger partial charge in [-0.15, -0.1) is 0 Å². The maximum Gasteiger partial charge on any atom is 0.223 e. The molecule has 6 heteroatoms. The van der Waals surface area contributed by atoms with E-state index in [9.17, 15) is 9.50 Å². The Morgan fingerprint density at radius 2 is 1.66 bits per heavy atom. The van der Waals surface area contributed by atoms with E-state index in [1.807, 2.05) is 24.3 Å². The van der Waals surface area contributed by atoms with E-state index in [-0.39, 0.29) is 11.6 Å². The van der Waals surface area contributed by atoms with Crippen molar-refractivity contribution in [2.75, 3.05) is 11.9 Å². The maximum absolute atomic E-state index is 13.3. The number of aromatic nitrogens is 3. The maximum atomic E-state index is 13.3. The van der Waals surface area contributed by atoms with E-state index in [0.717, 1.165) is 27.9 Å². The summed E-state index contributed by atoms with van der Waals surface area (Å²) in [6.07, 6.45) is 5.78. The third-order valence-electron chi connectivity index (χ3n) is 4.57. The molecule has 144 valence electrons. The highest BCUT2D eigenvalue weighted by atomic mass is 19.1. The summed E-state index contributed by atoms with van der Waals surface area (Å²) in [7, 11) is 0. The number of pyridine rings is 1. The van der Waals surface area contributed by atoms with Crippen LogP contribution in [0.4, 0.5) is 10.3 Å². The van der Waals surface area contributed by atoms with E-state index in [0.29, 0.717) is 18.9 Å². The lowest BCUT2D eigenvalue weighted by Gasteiger charge is -2.12. The largest absolute Gasteiger partial charge is 0.508 e. The zero-order valence-electron chi connectivity index (χ0n) is 15.6. The van der Waals surface area contributed by atoms with Gasteiger partial charge in [0.15, 0.2) is 0 Å². The molecule has 2 aromatic carbocycles. The molecule has 0 saturated carbocycles. The standard InChI is InChI=1S/C23H19FN4O/c24-19-7-5-16(6-8-19)20-15-27-23(28-22(20)18-9-12-25-13-10-18)26-14-11-17-3-1-2-4-21(17)29/h1-10,12-13,15,29H,11,14H2,(H,26,27,28). The molecule has 29 heavy (non-hydrogen) atoms. The zero-order valence-corrected chi connectivity index (χ0v) is 15.6. The minimum absolute atomic E-state index is 0.277. The lowest BCUT2D eigenvalue weighted by Crippen LogP contribution is -2.09. The van der Waals surface area contributed by atoms with E-state index < -0.39 is 0 Å². The van der Waals surface area contributed by atoms with Gasteiger partial charge in [0.05, 0.1) is 5.69 Å². The molecule has 4 aromatic rings. The summed E-state index contributed by atoms with van der Waals surface area (Å²) in [4.78, 5) is 13.2. The van der Waals surface area contributed by atoms with Crippen LogP contribution >= 0.6 is 0 Å². The Hall–Kier alpha value is -3.80. The molecular formula is C23H19FN4O. The van der Waals surface area contributed by atoms with E-state index in [1.165, 1.54) is 12.1 Å². The number of para-hydroxylation sites is 1. The fourth-order valence-electron chi connectivity index (χ4n) is 3.07. The van der Waals surface area contributed by atoms with Crippen LogP contribution in [-0.4, -0.2) is 26.6 Å². The number of benzene rings is 2. The molecule has 0 unspecified atom stereocenters. The first-order valence-electron chi connectivity index (χ1n) is 9.25. The fraction of sp³-hybridized carbons (Fsp3) is 0.0870. The van der Waals surface area contributed by atoms with Gasteiger partial charge in [0.2, 0.25) is 5.95 Å². The molecule has 5 nitrogen and oxygen atoms in total. The number of nitrogens with zero attached hydrogens (tertiary/aromatic N) is 3. The number of anilines is 1. The number of hydrogen-bond acceptors (Lipinski definition) is 5. The number of halogens is 1. The third kappa shape index (κ3) is 4.38. The summed E-state index contributed by atoms with van der Waals surface area (Å²) < 4.78 is 13.3. The average molecular weight is 386 g/mol. The van der Waals surface area contributed by atoms with Crippen LogP contribution in [0.2, 0.25) is 0 Å². The van der Waals surface area contributed by atoms with Crippen molar-refractivity contribution in [1.82, 2.24) is 15.0 Å². The van der Waals surface area contributed by atoms with Crippen LogP contribution in [0, 0.1) is 5.82 Å². The summed E-state index contributed by atoms with van der Waals surface area (Å²) in [5.74, 6) is 0.472. The second-order valence-electron chi connectivity index (χ2n) is 6.50. The van der Waals surface area contributed by atoms with Crippen molar-refractivity contribution < 1.29 is 9.50 Å². The van der Waals surface area contributed by atoms with Gasteiger partial charge in [-0.05, 0) is 47.9 Å². The van der Waals surface area contributed by atoms with Crippen molar-refractivity contribution in [2.45, 2.75) is 6.42 Å². The molecule has 0 aliphatic rings. The van der Waals surface area contributed by atoms with Crippen molar-refractivity contribution >= 4 is 5.95 Å². The second-order valence-corrected chi connectivity index (χ2v) is 6.50. The van der Waals surface area contributed by atoms with Gasteiger partial charge in [-0.3, -0.25) is 4.98 Å². The summed E-state index contributed by atoms with van der Waals surface area (Å²) in [5.41, 5.74) is 4.13. The molecule has 0 spiro atoms. The second kappa shape index (κ2) is 8.48. The number of nitrogens with one attached hydrogen (secondary N) is 1. The zero-order chi connectivity index (χ0) is 20.1.